The average molecular weight is 257 g/mol. The second kappa shape index (κ2) is 5.09. The van der Waals surface area contributed by atoms with Gasteiger partial charge in [0.15, 0.2) is 0 Å². The Hall–Kier alpha value is -0.380. The fourth-order valence-corrected chi connectivity index (χ4v) is 4.53. The van der Waals surface area contributed by atoms with E-state index in [1.165, 1.54) is 25.7 Å². The van der Waals surface area contributed by atoms with E-state index in [0.29, 0.717) is 5.92 Å². The highest BCUT2D eigenvalue weighted by molar-refractivity contribution is 8.00. The van der Waals surface area contributed by atoms with E-state index >= 15 is 0 Å². The van der Waals surface area contributed by atoms with Gasteiger partial charge in [-0.15, -0.1) is 0 Å². The number of carbonyl (C=O) groups is 1. The molecule has 0 aliphatic carbocycles. The number of hydrogen-bond donors (Lipinski definition) is 1. The standard InChI is InChI=1S/C13H23NO2S/c1-13(2,3)16-12(15)14-8-9-6-10-4-5-11(7-9)17-10/h9-11H,4-8H2,1-3H3,(H,14,15). The lowest BCUT2D eigenvalue weighted by molar-refractivity contribution is 0.0517. The minimum Gasteiger partial charge on any atom is -0.444 e. The molecule has 0 radical (unpaired) electrons. The van der Waals surface area contributed by atoms with Gasteiger partial charge >= 0.3 is 6.09 Å². The van der Waals surface area contributed by atoms with Crippen LogP contribution in [0.2, 0.25) is 0 Å². The van der Waals surface area contributed by atoms with Gasteiger partial charge in [-0.2, -0.15) is 11.8 Å². The number of nitrogens with one attached hydrogen (secondary N) is 1. The number of carbonyl (C=O) groups excluding carboxylic acids is 1. The van der Waals surface area contributed by atoms with Crippen LogP contribution in [0, 0.1) is 5.92 Å². The number of thioether (sulfide) groups is 1. The zero-order chi connectivity index (χ0) is 12.5. The predicted octanol–water partition coefficient (Wildman–Crippen LogP) is 3.19. The van der Waals surface area contributed by atoms with Gasteiger partial charge in [-0.25, -0.2) is 4.79 Å². The third-order valence-corrected chi connectivity index (χ3v) is 4.95. The Kier molecular flexibility index (Phi) is 3.91. The van der Waals surface area contributed by atoms with Crippen molar-refractivity contribution in [2.24, 2.45) is 5.92 Å². The van der Waals surface area contributed by atoms with E-state index in [9.17, 15) is 4.79 Å². The summed E-state index contributed by atoms with van der Waals surface area (Å²) in [5.41, 5.74) is -0.397. The summed E-state index contributed by atoms with van der Waals surface area (Å²) in [5, 5.41) is 4.60. The molecule has 0 aromatic rings. The summed E-state index contributed by atoms with van der Waals surface area (Å²) in [7, 11) is 0. The van der Waals surface area contributed by atoms with Crippen LogP contribution in [-0.2, 0) is 4.74 Å². The van der Waals surface area contributed by atoms with Gasteiger partial charge in [0, 0.05) is 17.0 Å². The number of alkyl carbamates (subject to hydrolysis) is 1. The molecule has 0 aromatic carbocycles. The summed E-state index contributed by atoms with van der Waals surface area (Å²) < 4.78 is 5.24. The second-order valence-corrected chi connectivity index (χ2v) is 7.78. The Labute approximate surface area is 108 Å². The first kappa shape index (κ1) is 13.1. The molecule has 4 heteroatoms. The van der Waals surface area contributed by atoms with Crippen molar-refractivity contribution in [2.45, 2.75) is 62.6 Å². The Balaban J connectivity index is 1.70. The number of hydrogen-bond acceptors (Lipinski definition) is 3. The fourth-order valence-electron chi connectivity index (χ4n) is 2.68. The molecule has 2 heterocycles. The zero-order valence-corrected chi connectivity index (χ0v) is 11.8. The number of fused-ring (bicyclic) bond motifs is 2. The molecule has 2 saturated heterocycles. The van der Waals surface area contributed by atoms with Gasteiger partial charge < -0.3 is 10.1 Å². The topological polar surface area (TPSA) is 38.3 Å². The van der Waals surface area contributed by atoms with Gasteiger partial charge in [0.25, 0.3) is 0 Å². The summed E-state index contributed by atoms with van der Waals surface area (Å²) in [4.78, 5) is 11.5. The van der Waals surface area contributed by atoms with Crippen LogP contribution in [0.25, 0.3) is 0 Å². The summed E-state index contributed by atoms with van der Waals surface area (Å²) >= 11 is 2.16. The van der Waals surface area contributed by atoms with Crippen LogP contribution >= 0.6 is 11.8 Å². The maximum Gasteiger partial charge on any atom is 0.407 e. The summed E-state index contributed by atoms with van der Waals surface area (Å²) in [5.74, 6) is 0.654. The van der Waals surface area contributed by atoms with Crippen LogP contribution in [0.1, 0.15) is 46.5 Å². The molecule has 1 N–H and O–H groups in total. The number of rotatable bonds is 2. The minimum absolute atomic E-state index is 0.275. The molecular weight excluding hydrogens is 234 g/mol. The smallest absolute Gasteiger partial charge is 0.407 e. The maximum atomic E-state index is 11.5. The molecule has 2 aliphatic heterocycles. The third kappa shape index (κ3) is 4.09. The Bertz CT molecular complexity index is 276. The average Bonchev–Trinajstić information content (AvgIpc) is 2.53. The Morgan fingerprint density at radius 3 is 2.41 bits per heavy atom. The predicted molar refractivity (Wildman–Crippen MR) is 71.4 cm³/mol. The largest absolute Gasteiger partial charge is 0.444 e. The third-order valence-electron chi connectivity index (χ3n) is 3.32. The van der Waals surface area contributed by atoms with Gasteiger partial charge in [0.2, 0.25) is 0 Å². The maximum absolute atomic E-state index is 11.5. The quantitative estimate of drug-likeness (QED) is 0.825. The summed E-state index contributed by atoms with van der Waals surface area (Å²) in [6, 6.07) is 0. The Morgan fingerprint density at radius 1 is 1.29 bits per heavy atom. The van der Waals surface area contributed by atoms with Crippen molar-refractivity contribution in [3.05, 3.63) is 0 Å². The van der Waals surface area contributed by atoms with E-state index in [-0.39, 0.29) is 6.09 Å². The van der Waals surface area contributed by atoms with Crippen LogP contribution in [0.4, 0.5) is 4.79 Å². The lowest BCUT2D eigenvalue weighted by atomic mass is 9.99. The first-order chi connectivity index (χ1) is 7.92. The molecular formula is C13H23NO2S. The molecule has 2 unspecified atom stereocenters. The van der Waals surface area contributed by atoms with E-state index < -0.39 is 5.60 Å². The van der Waals surface area contributed by atoms with Crippen molar-refractivity contribution in [1.82, 2.24) is 5.32 Å². The van der Waals surface area contributed by atoms with Gasteiger partial charge in [0.1, 0.15) is 5.60 Å². The SMILES string of the molecule is CC(C)(C)OC(=O)NCC1CC2CCC(C1)S2. The first-order valence-corrected chi connectivity index (χ1v) is 7.49. The monoisotopic (exact) mass is 257 g/mol. The van der Waals surface area contributed by atoms with E-state index in [1.54, 1.807) is 0 Å². The van der Waals surface area contributed by atoms with Crippen molar-refractivity contribution in [3.8, 4) is 0 Å². The molecule has 0 saturated carbocycles. The van der Waals surface area contributed by atoms with Crippen molar-refractivity contribution >= 4 is 17.9 Å². The van der Waals surface area contributed by atoms with Crippen molar-refractivity contribution < 1.29 is 9.53 Å². The molecule has 2 fully saturated rings. The van der Waals surface area contributed by atoms with Crippen LogP contribution in [0.3, 0.4) is 0 Å². The van der Waals surface area contributed by atoms with Crippen molar-refractivity contribution in [1.29, 1.82) is 0 Å². The second-order valence-electron chi connectivity index (χ2n) is 6.18. The molecule has 0 aromatic heterocycles. The molecule has 2 aliphatic rings. The summed E-state index contributed by atoms with van der Waals surface area (Å²) in [6.07, 6.45) is 4.99. The number of amides is 1. The highest BCUT2D eigenvalue weighted by atomic mass is 32.2. The van der Waals surface area contributed by atoms with E-state index in [0.717, 1.165) is 17.0 Å². The van der Waals surface area contributed by atoms with Gasteiger partial charge in [-0.1, -0.05) is 0 Å². The summed E-state index contributed by atoms with van der Waals surface area (Å²) in [6.45, 7) is 6.46. The zero-order valence-electron chi connectivity index (χ0n) is 11.0. The lowest BCUT2D eigenvalue weighted by Crippen LogP contribution is -2.36. The minimum atomic E-state index is -0.397. The first-order valence-electron chi connectivity index (χ1n) is 6.55. The highest BCUT2D eigenvalue weighted by Gasteiger charge is 2.34. The number of ether oxygens (including phenoxy) is 1. The van der Waals surface area contributed by atoms with Gasteiger partial charge in [-0.3, -0.25) is 0 Å². The van der Waals surface area contributed by atoms with Crippen molar-refractivity contribution in [3.63, 3.8) is 0 Å². The molecule has 17 heavy (non-hydrogen) atoms. The van der Waals surface area contributed by atoms with E-state index in [1.807, 2.05) is 20.8 Å². The molecule has 2 atom stereocenters. The lowest BCUT2D eigenvalue weighted by Gasteiger charge is -2.28. The molecule has 0 spiro atoms. The highest BCUT2D eigenvalue weighted by Crippen LogP contribution is 2.45. The van der Waals surface area contributed by atoms with Crippen molar-refractivity contribution in [2.75, 3.05) is 6.54 Å². The van der Waals surface area contributed by atoms with Crippen LogP contribution in [-0.4, -0.2) is 28.7 Å². The van der Waals surface area contributed by atoms with E-state index in [4.69, 9.17) is 4.74 Å². The molecule has 2 rings (SSSR count). The van der Waals surface area contributed by atoms with Gasteiger partial charge in [0.05, 0.1) is 0 Å². The van der Waals surface area contributed by atoms with E-state index in [2.05, 4.69) is 17.1 Å². The van der Waals surface area contributed by atoms with Crippen LogP contribution in [0.5, 0.6) is 0 Å². The van der Waals surface area contributed by atoms with Crippen LogP contribution in [0.15, 0.2) is 0 Å². The van der Waals surface area contributed by atoms with Crippen LogP contribution < -0.4 is 5.32 Å². The molecule has 2 bridgehead atoms. The Morgan fingerprint density at radius 2 is 1.88 bits per heavy atom. The normalized spacial score (nSPS) is 32.3. The molecule has 3 nitrogen and oxygen atoms in total. The molecule has 98 valence electrons. The molecule has 1 amide bonds. The fraction of sp³-hybridized carbons (Fsp3) is 0.923. The van der Waals surface area contributed by atoms with Gasteiger partial charge in [-0.05, 0) is 52.4 Å².